The molecule has 1 heterocycles. The van der Waals surface area contributed by atoms with E-state index in [-0.39, 0.29) is 11.3 Å². The zero-order valence-electron chi connectivity index (χ0n) is 14.6. The van der Waals surface area contributed by atoms with Gasteiger partial charge in [-0.2, -0.15) is 4.98 Å². The van der Waals surface area contributed by atoms with Crippen molar-refractivity contribution in [1.29, 1.82) is 0 Å². The molecule has 0 radical (unpaired) electrons. The Bertz CT molecular complexity index is 836. The maximum Gasteiger partial charge on any atom is 0.251 e. The van der Waals surface area contributed by atoms with E-state index in [4.69, 9.17) is 4.52 Å². The van der Waals surface area contributed by atoms with Crippen LogP contribution < -0.4 is 5.32 Å². The first kappa shape index (κ1) is 16.9. The van der Waals surface area contributed by atoms with Gasteiger partial charge in [-0.1, -0.05) is 74.5 Å². The van der Waals surface area contributed by atoms with Crippen molar-refractivity contribution in [1.82, 2.24) is 15.5 Å². The molecule has 0 bridgehead atoms. The molecule has 1 amide bonds. The highest BCUT2D eigenvalue weighted by Crippen LogP contribution is 2.33. The lowest BCUT2D eigenvalue weighted by Crippen LogP contribution is -2.36. The summed E-state index contributed by atoms with van der Waals surface area (Å²) in [5.74, 6) is 0.745. The number of carbonyl (C=O) groups excluding carboxylic acids is 1. The van der Waals surface area contributed by atoms with Crippen LogP contribution in [-0.4, -0.2) is 16.0 Å². The van der Waals surface area contributed by atoms with Gasteiger partial charge in [0.1, 0.15) is 6.04 Å². The summed E-state index contributed by atoms with van der Waals surface area (Å²) in [7, 11) is 0. The highest BCUT2D eigenvalue weighted by atomic mass is 16.5. The van der Waals surface area contributed by atoms with Crippen molar-refractivity contribution < 1.29 is 9.32 Å². The van der Waals surface area contributed by atoms with Crippen LogP contribution in [0, 0.1) is 5.41 Å². The summed E-state index contributed by atoms with van der Waals surface area (Å²) < 4.78 is 5.47. The quantitative estimate of drug-likeness (QED) is 0.774. The van der Waals surface area contributed by atoms with E-state index in [0.29, 0.717) is 17.3 Å². The Morgan fingerprint density at radius 2 is 1.60 bits per heavy atom. The molecular formula is C20H21N3O2. The van der Waals surface area contributed by atoms with Gasteiger partial charge in [-0.15, -0.1) is 0 Å². The number of nitrogens with zero attached hydrogens (tertiary/aromatic N) is 2. The topological polar surface area (TPSA) is 68.0 Å². The van der Waals surface area contributed by atoms with E-state index in [1.165, 1.54) is 0 Å². The average Bonchev–Trinajstić information content (AvgIpc) is 3.09. The smallest absolute Gasteiger partial charge is 0.251 e. The van der Waals surface area contributed by atoms with Crippen molar-refractivity contribution in [2.45, 2.75) is 26.8 Å². The van der Waals surface area contributed by atoms with Crippen LogP contribution in [-0.2, 0) is 0 Å². The molecule has 0 unspecified atom stereocenters. The van der Waals surface area contributed by atoms with Gasteiger partial charge in [-0.25, -0.2) is 0 Å². The highest BCUT2D eigenvalue weighted by Gasteiger charge is 2.33. The molecule has 0 aliphatic rings. The first-order valence-corrected chi connectivity index (χ1v) is 8.20. The number of nitrogens with one attached hydrogen (secondary N) is 1. The summed E-state index contributed by atoms with van der Waals surface area (Å²) >= 11 is 0. The molecule has 0 aliphatic carbocycles. The number of hydrogen-bond donors (Lipinski definition) is 1. The molecule has 5 nitrogen and oxygen atoms in total. The monoisotopic (exact) mass is 335 g/mol. The molecule has 3 rings (SSSR count). The Labute approximate surface area is 147 Å². The standard InChI is InChI=1S/C20H21N3O2/c1-20(2,3)16(21-18(24)15-12-8-5-9-13-15)19-22-17(23-25-19)14-10-6-4-7-11-14/h4-13,16H,1-3H3,(H,21,24)/t16-/m0/s1. The zero-order valence-corrected chi connectivity index (χ0v) is 14.6. The van der Waals surface area contributed by atoms with Crippen LogP contribution in [0.2, 0.25) is 0 Å². The van der Waals surface area contributed by atoms with Crippen LogP contribution in [0.1, 0.15) is 43.1 Å². The Morgan fingerprint density at radius 1 is 1.00 bits per heavy atom. The molecule has 128 valence electrons. The fourth-order valence-electron chi connectivity index (χ4n) is 2.51. The van der Waals surface area contributed by atoms with Crippen molar-refractivity contribution in [3.8, 4) is 11.4 Å². The first-order valence-electron chi connectivity index (χ1n) is 8.20. The van der Waals surface area contributed by atoms with E-state index < -0.39 is 6.04 Å². The zero-order chi connectivity index (χ0) is 17.9. The van der Waals surface area contributed by atoms with Crippen LogP contribution >= 0.6 is 0 Å². The van der Waals surface area contributed by atoms with Gasteiger partial charge in [0.15, 0.2) is 0 Å². The molecule has 1 N–H and O–H groups in total. The summed E-state index contributed by atoms with van der Waals surface area (Å²) in [6, 6.07) is 18.3. The van der Waals surface area contributed by atoms with E-state index in [1.807, 2.05) is 69.3 Å². The molecule has 2 aromatic carbocycles. The first-order chi connectivity index (χ1) is 11.9. The largest absolute Gasteiger partial charge is 0.340 e. The number of amides is 1. The third-order valence-corrected chi connectivity index (χ3v) is 3.90. The van der Waals surface area contributed by atoms with Crippen molar-refractivity contribution in [3.05, 3.63) is 72.1 Å². The molecule has 1 atom stereocenters. The van der Waals surface area contributed by atoms with Crippen LogP contribution in [0.3, 0.4) is 0 Å². The summed E-state index contributed by atoms with van der Waals surface area (Å²) in [5, 5.41) is 7.08. The van der Waals surface area contributed by atoms with Crippen LogP contribution in [0.15, 0.2) is 65.2 Å². The Morgan fingerprint density at radius 3 is 2.20 bits per heavy atom. The fourth-order valence-corrected chi connectivity index (χ4v) is 2.51. The lowest BCUT2D eigenvalue weighted by Gasteiger charge is -2.28. The maximum atomic E-state index is 12.6. The van der Waals surface area contributed by atoms with Gasteiger partial charge < -0.3 is 9.84 Å². The van der Waals surface area contributed by atoms with Crippen LogP contribution in [0.25, 0.3) is 11.4 Å². The molecular weight excluding hydrogens is 314 g/mol. The van der Waals surface area contributed by atoms with Gasteiger partial charge in [0, 0.05) is 11.1 Å². The number of carbonyl (C=O) groups is 1. The number of hydrogen-bond acceptors (Lipinski definition) is 4. The minimum atomic E-state index is -0.398. The maximum absolute atomic E-state index is 12.6. The second-order valence-corrected chi connectivity index (χ2v) is 6.96. The van der Waals surface area contributed by atoms with Gasteiger partial charge in [0.25, 0.3) is 5.91 Å². The van der Waals surface area contributed by atoms with Gasteiger partial charge >= 0.3 is 0 Å². The predicted octanol–water partition coefficient (Wildman–Crippen LogP) is 4.25. The van der Waals surface area contributed by atoms with Gasteiger partial charge in [0.05, 0.1) is 0 Å². The van der Waals surface area contributed by atoms with Crippen molar-refractivity contribution >= 4 is 5.91 Å². The summed E-state index contributed by atoms with van der Waals surface area (Å²) in [6.07, 6.45) is 0. The minimum absolute atomic E-state index is 0.167. The Hall–Kier alpha value is -2.95. The van der Waals surface area contributed by atoms with E-state index in [9.17, 15) is 4.79 Å². The Kier molecular flexibility index (Phi) is 4.65. The molecule has 0 saturated carbocycles. The predicted molar refractivity (Wildman–Crippen MR) is 95.8 cm³/mol. The van der Waals surface area contributed by atoms with E-state index in [2.05, 4.69) is 15.5 Å². The van der Waals surface area contributed by atoms with Crippen molar-refractivity contribution in [2.24, 2.45) is 5.41 Å². The molecule has 0 spiro atoms. The highest BCUT2D eigenvalue weighted by molar-refractivity contribution is 5.94. The van der Waals surface area contributed by atoms with Crippen LogP contribution in [0.4, 0.5) is 0 Å². The third-order valence-electron chi connectivity index (χ3n) is 3.90. The van der Waals surface area contributed by atoms with Crippen molar-refractivity contribution in [2.75, 3.05) is 0 Å². The lowest BCUT2D eigenvalue weighted by molar-refractivity contribution is 0.0881. The van der Waals surface area contributed by atoms with Gasteiger partial charge in [-0.05, 0) is 17.5 Å². The molecule has 0 aliphatic heterocycles. The molecule has 0 saturated heterocycles. The number of aromatic nitrogens is 2. The van der Waals surface area contributed by atoms with Gasteiger partial charge in [0.2, 0.25) is 11.7 Å². The van der Waals surface area contributed by atoms with Gasteiger partial charge in [-0.3, -0.25) is 4.79 Å². The van der Waals surface area contributed by atoms with E-state index in [0.717, 1.165) is 5.56 Å². The summed E-state index contributed by atoms with van der Waals surface area (Å²) in [6.45, 7) is 6.07. The number of rotatable bonds is 4. The van der Waals surface area contributed by atoms with E-state index >= 15 is 0 Å². The minimum Gasteiger partial charge on any atom is -0.340 e. The third kappa shape index (κ3) is 3.94. The number of benzene rings is 2. The molecule has 5 heteroatoms. The second kappa shape index (κ2) is 6.89. The van der Waals surface area contributed by atoms with Crippen molar-refractivity contribution in [3.63, 3.8) is 0 Å². The SMILES string of the molecule is CC(C)(C)[C@@H](NC(=O)c1ccccc1)c1nc(-c2ccccc2)no1. The molecule has 1 aromatic heterocycles. The summed E-state index contributed by atoms with van der Waals surface area (Å²) in [4.78, 5) is 17.1. The Balaban J connectivity index is 1.87. The molecule has 3 aromatic rings. The average molecular weight is 335 g/mol. The second-order valence-electron chi connectivity index (χ2n) is 6.96. The lowest BCUT2D eigenvalue weighted by atomic mass is 9.86. The molecule has 25 heavy (non-hydrogen) atoms. The normalized spacial score (nSPS) is 12.6. The van der Waals surface area contributed by atoms with Crippen LogP contribution in [0.5, 0.6) is 0 Å². The van der Waals surface area contributed by atoms with E-state index in [1.54, 1.807) is 12.1 Å². The fraction of sp³-hybridized carbons (Fsp3) is 0.250. The molecule has 0 fully saturated rings. The summed E-state index contributed by atoms with van der Waals surface area (Å²) in [5.41, 5.74) is 1.18.